The van der Waals surface area contributed by atoms with E-state index in [1.165, 1.54) is 11.3 Å². The van der Waals surface area contributed by atoms with Crippen molar-refractivity contribution in [3.05, 3.63) is 27.5 Å². The van der Waals surface area contributed by atoms with E-state index in [2.05, 4.69) is 15.9 Å². The smallest absolute Gasteiger partial charge is 0.266 e. The van der Waals surface area contributed by atoms with Gasteiger partial charge < -0.3 is 10.6 Å². The number of carbonyl (C=O) groups excluding carboxylic acids is 1. The van der Waals surface area contributed by atoms with Crippen molar-refractivity contribution < 1.29 is 4.79 Å². The number of amides is 1. The van der Waals surface area contributed by atoms with Crippen LogP contribution in [-0.2, 0) is 0 Å². The summed E-state index contributed by atoms with van der Waals surface area (Å²) >= 11 is 6.87. The van der Waals surface area contributed by atoms with E-state index >= 15 is 0 Å². The van der Waals surface area contributed by atoms with Gasteiger partial charge in [0.2, 0.25) is 0 Å². The second-order valence-corrected chi connectivity index (χ2v) is 7.94. The average molecular weight is 371 g/mol. The lowest BCUT2D eigenvalue weighted by molar-refractivity contribution is 0.0774. The Morgan fingerprint density at radius 1 is 1.30 bits per heavy atom. The van der Waals surface area contributed by atoms with E-state index < -0.39 is 0 Å². The molecule has 0 saturated carbocycles. The van der Waals surface area contributed by atoms with E-state index in [4.69, 9.17) is 5.73 Å². The molecule has 6 heteroatoms. The first-order valence-electron chi connectivity index (χ1n) is 6.51. The zero-order valence-electron chi connectivity index (χ0n) is 10.9. The van der Waals surface area contributed by atoms with E-state index in [-0.39, 0.29) is 5.91 Å². The van der Waals surface area contributed by atoms with Crippen LogP contribution in [0.2, 0.25) is 0 Å². The quantitative estimate of drug-likeness (QED) is 0.829. The molecule has 3 rings (SSSR count). The number of hydrogen-bond acceptors (Lipinski definition) is 4. The molecule has 1 aromatic carbocycles. The summed E-state index contributed by atoms with van der Waals surface area (Å²) in [6.45, 7) is 1.66. The molecular weight excluding hydrogens is 356 g/mol. The highest BCUT2D eigenvalue weighted by atomic mass is 79.9. The van der Waals surface area contributed by atoms with E-state index in [9.17, 15) is 4.79 Å². The van der Waals surface area contributed by atoms with Crippen LogP contribution in [0.3, 0.4) is 0 Å². The molecule has 1 aliphatic heterocycles. The predicted molar refractivity (Wildman–Crippen MR) is 91.8 cm³/mol. The average Bonchev–Trinajstić information content (AvgIpc) is 2.65. The van der Waals surface area contributed by atoms with Gasteiger partial charge in [-0.1, -0.05) is 22.0 Å². The number of thioether (sulfide) groups is 1. The maximum Gasteiger partial charge on any atom is 0.266 e. The second-order valence-electron chi connectivity index (χ2n) is 4.74. The molecule has 1 amide bonds. The maximum absolute atomic E-state index is 12.7. The molecule has 20 heavy (non-hydrogen) atoms. The highest BCUT2D eigenvalue weighted by molar-refractivity contribution is 9.10. The number of benzene rings is 1. The Balaban J connectivity index is 1.96. The number of nitrogens with zero attached hydrogens (tertiary/aromatic N) is 1. The minimum absolute atomic E-state index is 0.0855. The minimum atomic E-state index is 0.0855. The van der Waals surface area contributed by atoms with E-state index in [0.29, 0.717) is 10.6 Å². The van der Waals surface area contributed by atoms with Crippen molar-refractivity contribution in [1.29, 1.82) is 0 Å². The van der Waals surface area contributed by atoms with Crippen molar-refractivity contribution in [3.63, 3.8) is 0 Å². The number of nitrogens with two attached hydrogens (primary N) is 1. The highest BCUT2D eigenvalue weighted by Crippen LogP contribution is 2.36. The van der Waals surface area contributed by atoms with Gasteiger partial charge in [-0.3, -0.25) is 4.79 Å². The van der Waals surface area contributed by atoms with E-state index in [0.717, 1.165) is 45.6 Å². The monoisotopic (exact) mass is 370 g/mol. The molecule has 0 aliphatic carbocycles. The number of hydrogen-bond donors (Lipinski definition) is 1. The fourth-order valence-corrected chi connectivity index (χ4v) is 4.87. The summed E-state index contributed by atoms with van der Waals surface area (Å²) in [7, 11) is 0. The molecule has 2 heterocycles. The maximum atomic E-state index is 12.7. The first-order chi connectivity index (χ1) is 9.66. The van der Waals surface area contributed by atoms with Gasteiger partial charge in [-0.15, -0.1) is 11.3 Å². The van der Waals surface area contributed by atoms with E-state index in [1.54, 1.807) is 0 Å². The SMILES string of the molecule is Nc1c(C(=O)N2CCCSCC2)sc2cc(Br)ccc12. The van der Waals surface area contributed by atoms with Gasteiger partial charge in [0, 0.05) is 33.4 Å². The van der Waals surface area contributed by atoms with E-state index in [1.807, 2.05) is 34.9 Å². The lowest BCUT2D eigenvalue weighted by Gasteiger charge is -2.19. The first kappa shape index (κ1) is 14.2. The third-order valence-corrected chi connectivity index (χ3v) is 6.09. The van der Waals surface area contributed by atoms with Crippen LogP contribution in [0.1, 0.15) is 16.1 Å². The molecule has 1 aliphatic rings. The molecule has 2 N–H and O–H groups in total. The van der Waals surface area contributed by atoms with Crippen LogP contribution in [0.5, 0.6) is 0 Å². The Bertz CT molecular complexity index is 648. The van der Waals surface area contributed by atoms with Crippen molar-refractivity contribution >= 4 is 60.7 Å². The summed E-state index contributed by atoms with van der Waals surface area (Å²) in [5.74, 6) is 2.24. The van der Waals surface area contributed by atoms with Crippen LogP contribution in [0.25, 0.3) is 10.1 Å². The third-order valence-electron chi connectivity index (χ3n) is 3.39. The summed E-state index contributed by atoms with van der Waals surface area (Å²) in [5.41, 5.74) is 6.80. The molecule has 1 saturated heterocycles. The Morgan fingerprint density at radius 3 is 3.00 bits per heavy atom. The summed E-state index contributed by atoms with van der Waals surface area (Å²) in [5, 5.41) is 0.978. The van der Waals surface area contributed by atoms with Gasteiger partial charge in [-0.2, -0.15) is 11.8 Å². The largest absolute Gasteiger partial charge is 0.397 e. The summed E-state index contributed by atoms with van der Waals surface area (Å²) < 4.78 is 2.07. The van der Waals surface area contributed by atoms with Gasteiger partial charge in [-0.05, 0) is 24.3 Å². The normalized spacial score (nSPS) is 16.4. The summed E-state index contributed by atoms with van der Waals surface area (Å²) in [6.07, 6.45) is 1.06. The van der Waals surface area contributed by atoms with Crippen molar-refractivity contribution in [1.82, 2.24) is 4.90 Å². The number of halogens is 1. The predicted octanol–water partition coefficient (Wildman–Crippen LogP) is 3.83. The zero-order valence-corrected chi connectivity index (χ0v) is 14.1. The van der Waals surface area contributed by atoms with Gasteiger partial charge in [0.15, 0.2) is 0 Å². The van der Waals surface area contributed by atoms with Crippen molar-refractivity contribution in [2.24, 2.45) is 0 Å². The Labute approximate surface area is 134 Å². The zero-order chi connectivity index (χ0) is 14.1. The topological polar surface area (TPSA) is 46.3 Å². The van der Waals surface area contributed by atoms with Gasteiger partial charge in [0.1, 0.15) is 4.88 Å². The minimum Gasteiger partial charge on any atom is -0.397 e. The molecule has 0 radical (unpaired) electrons. The second kappa shape index (κ2) is 5.95. The molecule has 0 unspecified atom stereocenters. The highest BCUT2D eigenvalue weighted by Gasteiger charge is 2.22. The van der Waals surface area contributed by atoms with Crippen molar-refractivity contribution in [2.75, 3.05) is 30.3 Å². The Kier molecular flexibility index (Phi) is 4.23. The standard InChI is InChI=1S/C14H15BrN2OS2/c15-9-2-3-10-11(8-9)20-13(12(10)16)14(18)17-4-1-6-19-7-5-17/h2-3,8H,1,4-7,16H2. The lowest BCUT2D eigenvalue weighted by atomic mass is 10.2. The number of rotatable bonds is 1. The molecular formula is C14H15BrN2OS2. The van der Waals surface area contributed by atoms with Crippen LogP contribution in [-0.4, -0.2) is 35.4 Å². The Hall–Kier alpha value is -0.720. The molecule has 0 atom stereocenters. The number of anilines is 1. The van der Waals surface area contributed by atoms with Crippen LogP contribution < -0.4 is 5.73 Å². The third kappa shape index (κ3) is 2.69. The van der Waals surface area contributed by atoms with Crippen molar-refractivity contribution in [3.8, 4) is 0 Å². The number of nitrogen functional groups attached to an aromatic ring is 1. The van der Waals surface area contributed by atoms with Crippen LogP contribution >= 0.6 is 39.0 Å². The summed E-state index contributed by atoms with van der Waals surface area (Å²) in [4.78, 5) is 15.3. The fraction of sp³-hybridized carbons (Fsp3) is 0.357. The lowest BCUT2D eigenvalue weighted by Crippen LogP contribution is -2.32. The number of fused-ring (bicyclic) bond motifs is 1. The first-order valence-corrected chi connectivity index (χ1v) is 9.28. The van der Waals surface area contributed by atoms with Crippen LogP contribution in [0, 0.1) is 0 Å². The number of carbonyl (C=O) groups is 1. The fourth-order valence-electron chi connectivity index (χ4n) is 2.34. The van der Waals surface area contributed by atoms with Gasteiger partial charge >= 0.3 is 0 Å². The molecule has 0 bridgehead atoms. The molecule has 1 aromatic heterocycles. The van der Waals surface area contributed by atoms with Gasteiger partial charge in [0.25, 0.3) is 5.91 Å². The molecule has 0 spiro atoms. The summed E-state index contributed by atoms with van der Waals surface area (Å²) in [6, 6.07) is 5.95. The van der Waals surface area contributed by atoms with Crippen LogP contribution in [0.4, 0.5) is 5.69 Å². The molecule has 2 aromatic rings. The van der Waals surface area contributed by atoms with Gasteiger partial charge in [-0.25, -0.2) is 0 Å². The van der Waals surface area contributed by atoms with Crippen LogP contribution in [0.15, 0.2) is 22.7 Å². The Morgan fingerprint density at radius 2 is 2.15 bits per heavy atom. The molecule has 106 valence electrons. The number of thiophene rings is 1. The molecule has 1 fully saturated rings. The molecule has 3 nitrogen and oxygen atoms in total. The van der Waals surface area contributed by atoms with Gasteiger partial charge in [0.05, 0.1) is 5.69 Å². The van der Waals surface area contributed by atoms with Crippen molar-refractivity contribution in [2.45, 2.75) is 6.42 Å².